The van der Waals surface area contributed by atoms with Gasteiger partial charge in [-0.05, 0) is 57.7 Å². The van der Waals surface area contributed by atoms with E-state index >= 15 is 0 Å². The maximum atomic E-state index is 5.62. The van der Waals surface area contributed by atoms with Crippen LogP contribution in [0.2, 0.25) is 0 Å². The molecule has 0 N–H and O–H groups in total. The molecule has 1 atom stereocenters. The molecule has 0 amide bonds. The summed E-state index contributed by atoms with van der Waals surface area (Å²) in [6.07, 6.45) is 1.85. The van der Waals surface area contributed by atoms with E-state index in [2.05, 4.69) is 75.0 Å². The number of nitrogens with zero attached hydrogens (tertiary/aromatic N) is 5. The van der Waals surface area contributed by atoms with Crippen LogP contribution in [0.15, 0.2) is 72.8 Å². The van der Waals surface area contributed by atoms with E-state index in [1.807, 2.05) is 22.9 Å². The molecule has 1 aliphatic rings. The SMILES string of the molecule is COc1ccc([C@@H](c2nnnn2CCc2ccccc2)N2CCc3ccccc3C2)cc1OC. The van der Waals surface area contributed by atoms with Gasteiger partial charge in [-0.1, -0.05) is 60.7 Å². The number of aryl methyl sites for hydroxylation is 2. The Hall–Kier alpha value is -3.71. The largest absolute Gasteiger partial charge is 0.493 e. The number of methoxy groups -OCH3 is 2. The number of rotatable bonds is 8. The van der Waals surface area contributed by atoms with Crippen LogP contribution in [0.25, 0.3) is 0 Å². The molecule has 7 nitrogen and oxygen atoms in total. The maximum Gasteiger partial charge on any atom is 0.173 e. The number of aromatic nitrogens is 4. The molecule has 0 saturated carbocycles. The normalized spacial score (nSPS) is 14.4. The second-order valence-corrected chi connectivity index (χ2v) is 8.50. The number of fused-ring (bicyclic) bond motifs is 1. The molecule has 3 aromatic carbocycles. The Balaban J connectivity index is 1.51. The summed E-state index contributed by atoms with van der Waals surface area (Å²) in [7, 11) is 3.32. The van der Waals surface area contributed by atoms with Crippen LogP contribution in [-0.2, 0) is 25.9 Å². The number of benzene rings is 3. The van der Waals surface area contributed by atoms with E-state index in [0.717, 1.165) is 37.3 Å². The first-order valence-corrected chi connectivity index (χ1v) is 11.6. The smallest absolute Gasteiger partial charge is 0.173 e. The minimum absolute atomic E-state index is 0.112. The van der Waals surface area contributed by atoms with E-state index < -0.39 is 0 Å². The lowest BCUT2D eigenvalue weighted by Gasteiger charge is -2.35. The van der Waals surface area contributed by atoms with Gasteiger partial charge in [0, 0.05) is 19.6 Å². The molecular formula is C27H29N5O2. The highest BCUT2D eigenvalue weighted by atomic mass is 16.5. The van der Waals surface area contributed by atoms with E-state index in [4.69, 9.17) is 9.47 Å². The Morgan fingerprint density at radius 3 is 2.44 bits per heavy atom. The van der Waals surface area contributed by atoms with Crippen LogP contribution >= 0.6 is 0 Å². The maximum absolute atomic E-state index is 5.62. The average Bonchev–Trinajstić information content (AvgIpc) is 3.36. The molecule has 0 bridgehead atoms. The van der Waals surface area contributed by atoms with Crippen LogP contribution in [0.5, 0.6) is 11.5 Å². The molecule has 4 aromatic rings. The molecule has 0 radical (unpaired) electrons. The molecule has 34 heavy (non-hydrogen) atoms. The highest BCUT2D eigenvalue weighted by Crippen LogP contribution is 2.36. The molecule has 1 aliphatic heterocycles. The minimum Gasteiger partial charge on any atom is -0.493 e. The van der Waals surface area contributed by atoms with E-state index in [0.29, 0.717) is 18.0 Å². The van der Waals surface area contributed by atoms with E-state index in [9.17, 15) is 0 Å². The minimum atomic E-state index is -0.112. The van der Waals surface area contributed by atoms with Crippen molar-refractivity contribution in [3.8, 4) is 11.5 Å². The molecule has 0 unspecified atom stereocenters. The van der Waals surface area contributed by atoms with Gasteiger partial charge in [-0.3, -0.25) is 4.90 Å². The van der Waals surface area contributed by atoms with Crippen LogP contribution in [0, 0.1) is 0 Å². The standard InChI is InChI=1S/C27H29N5O2/c1-33-24-13-12-22(18-25(24)34-2)26(31-16-15-21-10-6-7-11-23(21)19-31)27-28-29-30-32(27)17-14-20-8-4-3-5-9-20/h3-13,18,26H,14-17,19H2,1-2H3/t26-/m0/s1. The van der Waals surface area contributed by atoms with Gasteiger partial charge in [-0.2, -0.15) is 0 Å². The topological polar surface area (TPSA) is 65.3 Å². The van der Waals surface area contributed by atoms with Gasteiger partial charge >= 0.3 is 0 Å². The quantitative estimate of drug-likeness (QED) is 0.399. The van der Waals surface area contributed by atoms with Crippen molar-refractivity contribution < 1.29 is 9.47 Å². The second-order valence-electron chi connectivity index (χ2n) is 8.50. The monoisotopic (exact) mass is 455 g/mol. The van der Waals surface area contributed by atoms with Crippen LogP contribution < -0.4 is 9.47 Å². The van der Waals surface area contributed by atoms with E-state index in [1.54, 1.807) is 14.2 Å². The predicted molar refractivity (Wildman–Crippen MR) is 130 cm³/mol. The lowest BCUT2D eigenvalue weighted by Crippen LogP contribution is -2.36. The zero-order valence-corrected chi connectivity index (χ0v) is 19.6. The van der Waals surface area contributed by atoms with Gasteiger partial charge in [0.15, 0.2) is 17.3 Å². The van der Waals surface area contributed by atoms with Crippen molar-refractivity contribution in [2.75, 3.05) is 20.8 Å². The van der Waals surface area contributed by atoms with Crippen molar-refractivity contribution in [3.63, 3.8) is 0 Å². The first kappa shape index (κ1) is 22.1. The van der Waals surface area contributed by atoms with Gasteiger partial charge in [-0.25, -0.2) is 4.68 Å². The highest BCUT2D eigenvalue weighted by molar-refractivity contribution is 5.45. The summed E-state index contributed by atoms with van der Waals surface area (Å²) in [6.45, 7) is 2.46. The summed E-state index contributed by atoms with van der Waals surface area (Å²) in [5.74, 6) is 2.24. The molecule has 0 fully saturated rings. The Bertz CT molecular complexity index is 1240. The van der Waals surface area contributed by atoms with Crippen LogP contribution in [0.1, 0.15) is 34.1 Å². The molecule has 0 aliphatic carbocycles. The zero-order chi connectivity index (χ0) is 23.3. The Morgan fingerprint density at radius 1 is 0.882 bits per heavy atom. The lowest BCUT2D eigenvalue weighted by molar-refractivity contribution is 0.194. The average molecular weight is 456 g/mol. The Labute approximate surface area is 199 Å². The third kappa shape index (κ3) is 4.52. The molecule has 5 rings (SSSR count). The van der Waals surface area contributed by atoms with Gasteiger partial charge in [0.05, 0.1) is 20.3 Å². The molecule has 0 spiro atoms. The molecule has 174 valence electrons. The molecule has 0 saturated heterocycles. The van der Waals surface area contributed by atoms with Crippen molar-refractivity contribution in [2.45, 2.75) is 32.0 Å². The third-order valence-electron chi connectivity index (χ3n) is 6.51. The summed E-state index contributed by atoms with van der Waals surface area (Å²) in [5, 5.41) is 13.0. The lowest BCUT2D eigenvalue weighted by atomic mass is 9.95. The number of hydrogen-bond donors (Lipinski definition) is 0. The van der Waals surface area contributed by atoms with Crippen molar-refractivity contribution >= 4 is 0 Å². The Morgan fingerprint density at radius 2 is 1.65 bits per heavy atom. The van der Waals surface area contributed by atoms with Gasteiger partial charge in [0.25, 0.3) is 0 Å². The number of hydrogen-bond acceptors (Lipinski definition) is 6. The van der Waals surface area contributed by atoms with Crippen molar-refractivity contribution in [1.29, 1.82) is 0 Å². The van der Waals surface area contributed by atoms with Gasteiger partial charge < -0.3 is 9.47 Å². The fraction of sp³-hybridized carbons (Fsp3) is 0.296. The van der Waals surface area contributed by atoms with Crippen molar-refractivity contribution in [1.82, 2.24) is 25.1 Å². The molecule has 2 heterocycles. The van der Waals surface area contributed by atoms with E-state index in [-0.39, 0.29) is 6.04 Å². The van der Waals surface area contributed by atoms with Crippen LogP contribution in [-0.4, -0.2) is 45.9 Å². The summed E-state index contributed by atoms with van der Waals surface area (Å²) in [4.78, 5) is 2.45. The summed E-state index contributed by atoms with van der Waals surface area (Å²) in [6, 6.07) is 25.1. The van der Waals surface area contributed by atoms with Crippen LogP contribution in [0.4, 0.5) is 0 Å². The number of ether oxygens (including phenoxy) is 2. The summed E-state index contributed by atoms with van der Waals surface area (Å²) >= 11 is 0. The predicted octanol–water partition coefficient (Wildman–Crippen LogP) is 4.08. The second kappa shape index (κ2) is 10.1. The Kier molecular flexibility index (Phi) is 6.53. The zero-order valence-electron chi connectivity index (χ0n) is 19.6. The van der Waals surface area contributed by atoms with Gasteiger partial charge in [0.2, 0.25) is 0 Å². The summed E-state index contributed by atoms with van der Waals surface area (Å²) < 4.78 is 13.0. The van der Waals surface area contributed by atoms with Crippen molar-refractivity contribution in [3.05, 3.63) is 101 Å². The van der Waals surface area contributed by atoms with Gasteiger partial charge in [0.1, 0.15) is 0 Å². The van der Waals surface area contributed by atoms with Crippen molar-refractivity contribution in [2.24, 2.45) is 0 Å². The molecule has 1 aromatic heterocycles. The fourth-order valence-electron chi connectivity index (χ4n) is 4.73. The first-order valence-electron chi connectivity index (χ1n) is 11.6. The highest BCUT2D eigenvalue weighted by Gasteiger charge is 2.31. The first-order chi connectivity index (χ1) is 16.8. The third-order valence-corrected chi connectivity index (χ3v) is 6.51. The van der Waals surface area contributed by atoms with E-state index in [1.165, 1.54) is 16.7 Å². The molecular weight excluding hydrogens is 426 g/mol. The van der Waals surface area contributed by atoms with Gasteiger partial charge in [-0.15, -0.1) is 5.10 Å². The summed E-state index contributed by atoms with van der Waals surface area (Å²) in [5.41, 5.74) is 5.10. The molecule has 7 heteroatoms. The fourth-order valence-corrected chi connectivity index (χ4v) is 4.73. The van der Waals surface area contributed by atoms with Crippen LogP contribution in [0.3, 0.4) is 0 Å². The number of tetrazole rings is 1.